The number of ether oxygens (including phenoxy) is 1. The molecule has 12 heavy (non-hydrogen) atoms. The fourth-order valence-electron chi connectivity index (χ4n) is 0.876. The Hall–Kier alpha value is -0.610. The molecule has 1 aromatic rings. The van der Waals surface area contributed by atoms with Gasteiger partial charge in [-0.15, -0.1) is 0 Å². The number of rotatable bonds is 3. The minimum Gasteiger partial charge on any atom is -0.374 e. The largest absolute Gasteiger partial charge is 0.374 e. The third-order valence-electron chi connectivity index (χ3n) is 1.27. The lowest BCUT2D eigenvalue weighted by Gasteiger charge is -2.01. The van der Waals surface area contributed by atoms with Crippen molar-refractivity contribution in [1.82, 2.24) is 9.97 Å². The van der Waals surface area contributed by atoms with E-state index in [1.54, 1.807) is 18.9 Å². The highest BCUT2D eigenvalue weighted by atomic mass is 32.2. The second kappa shape index (κ2) is 4.42. The van der Waals surface area contributed by atoms with Gasteiger partial charge in [0.1, 0.15) is 10.9 Å². The van der Waals surface area contributed by atoms with Crippen molar-refractivity contribution in [2.45, 2.75) is 18.9 Å². The zero-order valence-corrected chi connectivity index (χ0v) is 8.31. The summed E-state index contributed by atoms with van der Waals surface area (Å²) in [7, 11) is 1.67. The van der Waals surface area contributed by atoms with E-state index in [2.05, 4.69) is 9.97 Å². The maximum absolute atomic E-state index is 4.93. The number of aromatic nitrogens is 2. The predicted octanol–water partition coefficient (Wildman–Crippen LogP) is 1.79. The molecule has 66 valence electrons. The molecule has 0 aromatic carbocycles. The Bertz CT molecular complexity index is 245. The van der Waals surface area contributed by atoms with Crippen LogP contribution in [0, 0.1) is 13.8 Å². The van der Waals surface area contributed by atoms with E-state index >= 15 is 0 Å². The van der Waals surface area contributed by atoms with Crippen LogP contribution in [0.25, 0.3) is 0 Å². The van der Waals surface area contributed by atoms with E-state index in [4.69, 9.17) is 4.74 Å². The zero-order valence-electron chi connectivity index (χ0n) is 7.50. The van der Waals surface area contributed by atoms with Crippen molar-refractivity contribution in [3.63, 3.8) is 0 Å². The van der Waals surface area contributed by atoms with Gasteiger partial charge in [-0.25, -0.2) is 9.97 Å². The van der Waals surface area contributed by atoms with Crippen LogP contribution in [0.3, 0.4) is 0 Å². The van der Waals surface area contributed by atoms with Crippen LogP contribution in [0.15, 0.2) is 11.1 Å². The Morgan fingerprint density at radius 2 is 2.17 bits per heavy atom. The normalized spacial score (nSPS) is 10.2. The molecule has 0 aliphatic heterocycles. The van der Waals surface area contributed by atoms with Gasteiger partial charge in [0.05, 0.1) is 5.94 Å². The molecule has 0 N–H and O–H groups in total. The summed E-state index contributed by atoms with van der Waals surface area (Å²) in [4.78, 5) is 8.42. The second-order valence-electron chi connectivity index (χ2n) is 2.45. The molecule has 1 heterocycles. The van der Waals surface area contributed by atoms with Crippen molar-refractivity contribution in [3.8, 4) is 0 Å². The molecule has 0 atom stereocenters. The van der Waals surface area contributed by atoms with Crippen LogP contribution < -0.4 is 0 Å². The van der Waals surface area contributed by atoms with E-state index in [0.717, 1.165) is 16.5 Å². The molecule has 0 saturated heterocycles. The van der Waals surface area contributed by atoms with Crippen LogP contribution in [0.2, 0.25) is 0 Å². The Labute approximate surface area is 76.6 Å². The van der Waals surface area contributed by atoms with E-state index in [1.807, 2.05) is 19.9 Å². The van der Waals surface area contributed by atoms with E-state index in [0.29, 0.717) is 5.94 Å². The highest BCUT2D eigenvalue weighted by molar-refractivity contribution is 7.99. The van der Waals surface area contributed by atoms with Crippen molar-refractivity contribution in [2.24, 2.45) is 0 Å². The standard InChI is InChI=1S/C8H12N2OS/c1-6-4-8(12-5-11-3)10-7(2)9-6/h4H,5H2,1-3H3. The van der Waals surface area contributed by atoms with Crippen LogP contribution >= 0.6 is 11.8 Å². The molecule has 0 radical (unpaired) electrons. The first-order chi connectivity index (χ1) is 5.72. The van der Waals surface area contributed by atoms with Crippen molar-refractivity contribution in [1.29, 1.82) is 0 Å². The SMILES string of the molecule is COCSc1cc(C)nc(C)n1. The summed E-state index contributed by atoms with van der Waals surface area (Å²) in [6.07, 6.45) is 0. The Kier molecular flexibility index (Phi) is 3.49. The Morgan fingerprint density at radius 1 is 1.42 bits per heavy atom. The van der Waals surface area contributed by atoms with E-state index in [9.17, 15) is 0 Å². The fraction of sp³-hybridized carbons (Fsp3) is 0.500. The van der Waals surface area contributed by atoms with Gasteiger partial charge >= 0.3 is 0 Å². The van der Waals surface area contributed by atoms with Crippen LogP contribution in [0.4, 0.5) is 0 Å². The third-order valence-corrected chi connectivity index (χ3v) is 2.13. The lowest BCUT2D eigenvalue weighted by atomic mass is 10.4. The molecule has 0 bridgehead atoms. The van der Waals surface area contributed by atoms with Gasteiger partial charge in [0.15, 0.2) is 0 Å². The minimum absolute atomic E-state index is 0.635. The quantitative estimate of drug-likeness (QED) is 0.407. The molecular weight excluding hydrogens is 172 g/mol. The second-order valence-corrected chi connectivity index (χ2v) is 3.39. The maximum atomic E-state index is 4.93. The number of hydrogen-bond acceptors (Lipinski definition) is 4. The fourth-order valence-corrected chi connectivity index (χ4v) is 1.57. The summed E-state index contributed by atoms with van der Waals surface area (Å²) < 4.78 is 4.93. The van der Waals surface area contributed by atoms with Gasteiger partial charge < -0.3 is 4.74 Å². The minimum atomic E-state index is 0.635. The number of hydrogen-bond donors (Lipinski definition) is 0. The lowest BCUT2D eigenvalue weighted by Crippen LogP contribution is -1.93. The topological polar surface area (TPSA) is 35.0 Å². The summed E-state index contributed by atoms with van der Waals surface area (Å²) in [5.74, 6) is 1.45. The summed E-state index contributed by atoms with van der Waals surface area (Å²) in [6, 6.07) is 1.96. The highest BCUT2D eigenvalue weighted by Gasteiger charge is 1.98. The molecule has 0 aliphatic rings. The van der Waals surface area contributed by atoms with Crippen molar-refractivity contribution in [2.75, 3.05) is 13.0 Å². The third kappa shape index (κ3) is 2.79. The first-order valence-electron chi connectivity index (χ1n) is 3.66. The summed E-state index contributed by atoms with van der Waals surface area (Å²) >= 11 is 1.58. The van der Waals surface area contributed by atoms with Crippen molar-refractivity contribution < 1.29 is 4.74 Å². The molecule has 4 heteroatoms. The van der Waals surface area contributed by atoms with Gasteiger partial charge in [-0.1, -0.05) is 11.8 Å². The summed E-state index contributed by atoms with van der Waals surface area (Å²) in [6.45, 7) is 3.86. The number of aryl methyl sites for hydroxylation is 2. The molecule has 0 aliphatic carbocycles. The first kappa shape index (κ1) is 9.48. The molecule has 0 spiro atoms. The molecule has 3 nitrogen and oxygen atoms in total. The van der Waals surface area contributed by atoms with Crippen molar-refractivity contribution >= 4 is 11.8 Å². The molecule has 0 amide bonds. The molecule has 0 unspecified atom stereocenters. The van der Waals surface area contributed by atoms with Gasteiger partial charge in [0, 0.05) is 12.8 Å². The van der Waals surface area contributed by atoms with Crippen LogP contribution in [-0.4, -0.2) is 23.0 Å². The predicted molar refractivity (Wildman–Crippen MR) is 49.2 cm³/mol. The Morgan fingerprint density at radius 3 is 2.75 bits per heavy atom. The summed E-state index contributed by atoms with van der Waals surface area (Å²) in [5.41, 5.74) is 1.00. The smallest absolute Gasteiger partial charge is 0.126 e. The molecule has 1 rings (SSSR count). The summed E-state index contributed by atoms with van der Waals surface area (Å²) in [5, 5.41) is 0.974. The Balaban J connectivity index is 2.72. The van der Waals surface area contributed by atoms with E-state index in [-0.39, 0.29) is 0 Å². The van der Waals surface area contributed by atoms with Crippen molar-refractivity contribution in [3.05, 3.63) is 17.6 Å². The van der Waals surface area contributed by atoms with Gasteiger partial charge in [0.25, 0.3) is 0 Å². The van der Waals surface area contributed by atoms with Crippen LogP contribution in [0.5, 0.6) is 0 Å². The first-order valence-corrected chi connectivity index (χ1v) is 4.65. The average molecular weight is 184 g/mol. The number of methoxy groups -OCH3 is 1. The molecular formula is C8H12N2OS. The van der Waals surface area contributed by atoms with Crippen LogP contribution in [0.1, 0.15) is 11.5 Å². The van der Waals surface area contributed by atoms with Gasteiger partial charge in [-0.2, -0.15) is 0 Å². The highest BCUT2D eigenvalue weighted by Crippen LogP contribution is 2.15. The average Bonchev–Trinajstić information content (AvgIpc) is 1.99. The van der Waals surface area contributed by atoms with Crippen LogP contribution in [-0.2, 0) is 4.74 Å². The number of thioether (sulfide) groups is 1. The molecule has 0 fully saturated rings. The maximum Gasteiger partial charge on any atom is 0.126 e. The van der Waals surface area contributed by atoms with E-state index < -0.39 is 0 Å². The van der Waals surface area contributed by atoms with Gasteiger partial charge in [0.2, 0.25) is 0 Å². The lowest BCUT2D eigenvalue weighted by molar-refractivity contribution is 0.258. The van der Waals surface area contributed by atoms with E-state index in [1.165, 1.54) is 0 Å². The zero-order chi connectivity index (χ0) is 8.97. The molecule has 0 saturated carbocycles. The monoisotopic (exact) mass is 184 g/mol. The van der Waals surface area contributed by atoms with Gasteiger partial charge in [-0.05, 0) is 19.9 Å². The number of nitrogens with zero attached hydrogens (tertiary/aromatic N) is 2. The molecule has 1 aromatic heterocycles. The van der Waals surface area contributed by atoms with Gasteiger partial charge in [-0.3, -0.25) is 0 Å².